The minimum absolute atomic E-state index is 0.484. The molecule has 0 bridgehead atoms. The van der Waals surface area contributed by atoms with E-state index in [0.29, 0.717) is 18.4 Å². The van der Waals surface area contributed by atoms with Crippen molar-refractivity contribution in [2.24, 2.45) is 11.7 Å². The minimum atomic E-state index is 0.484. The highest BCUT2D eigenvalue weighted by Crippen LogP contribution is 2.30. The van der Waals surface area contributed by atoms with Crippen LogP contribution in [0.2, 0.25) is 0 Å². The van der Waals surface area contributed by atoms with Gasteiger partial charge in [-0.25, -0.2) is 4.98 Å². The number of nitrogens with one attached hydrogen (secondary N) is 2. The van der Waals surface area contributed by atoms with E-state index in [4.69, 9.17) is 15.1 Å². The van der Waals surface area contributed by atoms with Gasteiger partial charge in [0.2, 0.25) is 5.95 Å². The highest BCUT2D eigenvalue weighted by molar-refractivity contribution is 5.86. The maximum absolute atomic E-state index is 5.90. The molecule has 0 amide bonds. The lowest BCUT2D eigenvalue weighted by Crippen LogP contribution is -2.39. The zero-order valence-corrected chi connectivity index (χ0v) is 14.9. The molecule has 0 spiro atoms. The number of hydrogen-bond donors (Lipinski definition) is 3. The van der Waals surface area contributed by atoms with Crippen molar-refractivity contribution in [2.75, 3.05) is 29.9 Å². The molecule has 1 aliphatic rings. The molecule has 1 atom stereocenters. The third-order valence-corrected chi connectivity index (χ3v) is 5.14. The molecule has 4 heterocycles. The summed E-state index contributed by atoms with van der Waals surface area (Å²) in [4.78, 5) is 11.6. The van der Waals surface area contributed by atoms with Crippen molar-refractivity contribution in [1.82, 2.24) is 20.2 Å². The Morgan fingerprint density at radius 3 is 3.19 bits per heavy atom. The van der Waals surface area contributed by atoms with E-state index >= 15 is 0 Å². The predicted octanol–water partition coefficient (Wildman–Crippen LogP) is 3.02. The Hall–Kier alpha value is -3.13. The van der Waals surface area contributed by atoms with E-state index in [0.717, 1.165) is 59.4 Å². The van der Waals surface area contributed by atoms with Crippen molar-refractivity contribution >= 4 is 39.5 Å². The maximum Gasteiger partial charge on any atom is 0.229 e. The third-order valence-electron chi connectivity index (χ3n) is 5.14. The third kappa shape index (κ3) is 2.97. The quantitative estimate of drug-likeness (QED) is 0.511. The fourth-order valence-electron chi connectivity index (χ4n) is 3.71. The van der Waals surface area contributed by atoms with Crippen LogP contribution >= 0.6 is 0 Å². The first-order valence-corrected chi connectivity index (χ1v) is 9.20. The molecule has 1 saturated heterocycles. The van der Waals surface area contributed by atoms with Crippen LogP contribution in [0.25, 0.3) is 22.0 Å². The standard InChI is InChI=1S/C19H21N7O/c20-9-12-2-1-6-26(11-12)18-17-15(5-7-27-17)23-19(24-18)22-14-4-3-13-10-21-25-16(13)8-14/h3-5,7-8,10,12H,1-2,6,9,11,20H2,(H,21,25)(H,22,23,24). The van der Waals surface area contributed by atoms with Gasteiger partial charge in [-0.1, -0.05) is 0 Å². The highest BCUT2D eigenvalue weighted by atomic mass is 16.3. The van der Waals surface area contributed by atoms with E-state index in [2.05, 4.69) is 25.4 Å². The van der Waals surface area contributed by atoms with Crippen LogP contribution in [-0.2, 0) is 0 Å². The summed E-state index contributed by atoms with van der Waals surface area (Å²) in [6, 6.07) is 7.87. The topological polar surface area (TPSA) is 109 Å². The van der Waals surface area contributed by atoms with Crippen LogP contribution in [0.15, 0.2) is 41.1 Å². The van der Waals surface area contributed by atoms with Gasteiger partial charge in [-0.05, 0) is 43.5 Å². The number of aromatic amines is 1. The molecule has 5 rings (SSSR count). The monoisotopic (exact) mass is 363 g/mol. The largest absolute Gasteiger partial charge is 0.459 e. The summed E-state index contributed by atoms with van der Waals surface area (Å²) < 4.78 is 5.68. The SMILES string of the molecule is NCC1CCCN(c2nc(Nc3ccc4cn[nH]c4c3)nc3ccoc23)C1. The number of anilines is 3. The Balaban J connectivity index is 1.51. The molecular formula is C19H21N7O. The van der Waals surface area contributed by atoms with Gasteiger partial charge in [0.1, 0.15) is 5.52 Å². The van der Waals surface area contributed by atoms with Crippen LogP contribution < -0.4 is 16.0 Å². The van der Waals surface area contributed by atoms with Crippen molar-refractivity contribution in [3.63, 3.8) is 0 Å². The number of benzene rings is 1. The Kier molecular flexibility index (Phi) is 3.90. The molecule has 4 aromatic rings. The summed E-state index contributed by atoms with van der Waals surface area (Å²) in [5.74, 6) is 1.86. The second-order valence-electron chi connectivity index (χ2n) is 6.99. The van der Waals surface area contributed by atoms with Crippen molar-refractivity contribution < 1.29 is 4.42 Å². The van der Waals surface area contributed by atoms with Gasteiger partial charge < -0.3 is 20.4 Å². The number of nitrogens with two attached hydrogens (primary N) is 1. The fraction of sp³-hybridized carbons (Fsp3) is 0.316. The number of furan rings is 1. The van der Waals surface area contributed by atoms with Crippen LogP contribution in [0.4, 0.5) is 17.5 Å². The number of fused-ring (bicyclic) bond motifs is 2. The van der Waals surface area contributed by atoms with E-state index in [1.807, 2.05) is 24.3 Å². The second kappa shape index (κ2) is 6.55. The molecule has 27 heavy (non-hydrogen) atoms. The van der Waals surface area contributed by atoms with Crippen LogP contribution in [-0.4, -0.2) is 39.8 Å². The predicted molar refractivity (Wildman–Crippen MR) is 105 cm³/mol. The smallest absolute Gasteiger partial charge is 0.229 e. The van der Waals surface area contributed by atoms with Gasteiger partial charge in [-0.3, -0.25) is 5.10 Å². The van der Waals surface area contributed by atoms with Gasteiger partial charge in [0.15, 0.2) is 11.4 Å². The van der Waals surface area contributed by atoms with Crippen molar-refractivity contribution in [2.45, 2.75) is 12.8 Å². The Labute approximate surface area is 155 Å². The number of piperidine rings is 1. The van der Waals surface area contributed by atoms with Gasteiger partial charge in [0, 0.05) is 30.2 Å². The van der Waals surface area contributed by atoms with E-state index in [1.165, 1.54) is 0 Å². The summed E-state index contributed by atoms with van der Waals surface area (Å²) in [6.45, 7) is 2.53. The lowest BCUT2D eigenvalue weighted by molar-refractivity contribution is 0.421. The van der Waals surface area contributed by atoms with Crippen LogP contribution in [0, 0.1) is 5.92 Å². The fourth-order valence-corrected chi connectivity index (χ4v) is 3.71. The molecule has 4 N–H and O–H groups in total. The zero-order valence-electron chi connectivity index (χ0n) is 14.9. The first-order chi connectivity index (χ1) is 13.3. The molecule has 8 heteroatoms. The average Bonchev–Trinajstić information content (AvgIpc) is 3.36. The first kappa shape index (κ1) is 16.1. The van der Waals surface area contributed by atoms with Crippen LogP contribution in [0.5, 0.6) is 0 Å². The summed E-state index contributed by atoms with van der Waals surface area (Å²) in [5, 5.41) is 11.4. The molecule has 3 aromatic heterocycles. The molecular weight excluding hydrogens is 342 g/mol. The number of rotatable bonds is 4. The van der Waals surface area contributed by atoms with Crippen molar-refractivity contribution in [1.29, 1.82) is 0 Å². The first-order valence-electron chi connectivity index (χ1n) is 9.20. The van der Waals surface area contributed by atoms with Crippen molar-refractivity contribution in [3.05, 3.63) is 36.7 Å². The molecule has 0 saturated carbocycles. The summed E-state index contributed by atoms with van der Waals surface area (Å²) in [7, 11) is 0. The molecule has 1 fully saturated rings. The van der Waals surface area contributed by atoms with Gasteiger partial charge in [0.05, 0.1) is 18.0 Å². The molecule has 0 radical (unpaired) electrons. The van der Waals surface area contributed by atoms with E-state index in [9.17, 15) is 0 Å². The minimum Gasteiger partial charge on any atom is -0.459 e. The average molecular weight is 363 g/mol. The summed E-state index contributed by atoms with van der Waals surface area (Å²) >= 11 is 0. The lowest BCUT2D eigenvalue weighted by Gasteiger charge is -2.33. The number of H-pyrrole nitrogens is 1. The summed E-state index contributed by atoms with van der Waals surface area (Å²) in [5.41, 5.74) is 9.28. The molecule has 1 aliphatic heterocycles. The van der Waals surface area contributed by atoms with E-state index in [1.54, 1.807) is 12.5 Å². The number of hydrogen-bond acceptors (Lipinski definition) is 7. The Morgan fingerprint density at radius 2 is 2.26 bits per heavy atom. The van der Waals surface area contributed by atoms with Gasteiger partial charge >= 0.3 is 0 Å². The Bertz CT molecular complexity index is 1090. The van der Waals surface area contributed by atoms with Gasteiger partial charge in [-0.2, -0.15) is 10.1 Å². The molecule has 0 aliphatic carbocycles. The number of nitrogens with zero attached hydrogens (tertiary/aromatic N) is 4. The number of aromatic nitrogens is 4. The van der Waals surface area contributed by atoms with Gasteiger partial charge in [0.25, 0.3) is 0 Å². The van der Waals surface area contributed by atoms with E-state index in [-0.39, 0.29) is 0 Å². The summed E-state index contributed by atoms with van der Waals surface area (Å²) in [6.07, 6.45) is 5.73. The molecule has 1 aromatic carbocycles. The lowest BCUT2D eigenvalue weighted by atomic mass is 9.98. The normalized spacial score (nSPS) is 17.7. The molecule has 8 nitrogen and oxygen atoms in total. The molecule has 138 valence electrons. The molecule has 1 unspecified atom stereocenters. The van der Waals surface area contributed by atoms with Crippen LogP contribution in [0.3, 0.4) is 0 Å². The van der Waals surface area contributed by atoms with E-state index < -0.39 is 0 Å². The van der Waals surface area contributed by atoms with Crippen molar-refractivity contribution in [3.8, 4) is 0 Å². The van der Waals surface area contributed by atoms with Gasteiger partial charge in [-0.15, -0.1) is 0 Å². The Morgan fingerprint density at radius 1 is 1.30 bits per heavy atom. The van der Waals surface area contributed by atoms with Crippen LogP contribution in [0.1, 0.15) is 12.8 Å². The highest BCUT2D eigenvalue weighted by Gasteiger charge is 2.23. The second-order valence-corrected chi connectivity index (χ2v) is 6.99. The zero-order chi connectivity index (χ0) is 18.2. The maximum atomic E-state index is 5.90.